The van der Waals surface area contributed by atoms with Crippen molar-refractivity contribution in [2.24, 2.45) is 11.8 Å². The molecule has 132 valence electrons. The number of nitrogens with one attached hydrogen (secondary N) is 1. The molecular weight excluding hydrogens is 360 g/mol. The van der Waals surface area contributed by atoms with E-state index in [1.165, 1.54) is 11.3 Å². The van der Waals surface area contributed by atoms with Crippen LogP contribution in [0.15, 0.2) is 24.3 Å². The Morgan fingerprint density at radius 1 is 1.28 bits per heavy atom. The van der Waals surface area contributed by atoms with E-state index in [-0.39, 0.29) is 11.9 Å². The zero-order valence-corrected chi connectivity index (χ0v) is 15.5. The number of aryl methyl sites for hydroxylation is 1. The number of carbonyl (C=O) groups is 2. The molecule has 1 aliphatic rings. The minimum atomic E-state index is -0.891. The lowest BCUT2D eigenvalue weighted by Gasteiger charge is -2.32. The minimum absolute atomic E-state index is 0.188. The molecule has 0 aliphatic heterocycles. The third-order valence-electron chi connectivity index (χ3n) is 4.60. The number of halogens is 1. The minimum Gasteiger partial charge on any atom is -0.481 e. The Labute approximate surface area is 155 Å². The van der Waals surface area contributed by atoms with Crippen LogP contribution in [0, 0.1) is 18.8 Å². The maximum absolute atomic E-state index is 12.3. The van der Waals surface area contributed by atoms with E-state index in [0.29, 0.717) is 17.9 Å². The molecule has 0 spiro atoms. The van der Waals surface area contributed by atoms with Crippen molar-refractivity contribution >= 4 is 34.8 Å². The number of thiazole rings is 1. The Morgan fingerprint density at radius 3 is 2.48 bits per heavy atom. The van der Waals surface area contributed by atoms with E-state index in [1.54, 1.807) is 0 Å². The normalized spacial score (nSPS) is 20.6. The van der Waals surface area contributed by atoms with Gasteiger partial charge in [0.1, 0.15) is 5.01 Å². The molecule has 2 aromatic rings. The molecule has 0 bridgehead atoms. The van der Waals surface area contributed by atoms with Gasteiger partial charge in [0.05, 0.1) is 28.4 Å². The smallest absolute Gasteiger partial charge is 0.307 e. The number of aliphatic carboxylic acids is 1. The molecule has 1 amide bonds. The maximum atomic E-state index is 12.3. The van der Waals surface area contributed by atoms with Crippen LogP contribution < -0.4 is 5.32 Å². The summed E-state index contributed by atoms with van der Waals surface area (Å²) in [6.07, 6.45) is 1.20. The topological polar surface area (TPSA) is 79.3 Å². The molecule has 0 saturated heterocycles. The van der Waals surface area contributed by atoms with Gasteiger partial charge in [0.15, 0.2) is 0 Å². The predicted octanol–water partition coefficient (Wildman–Crippen LogP) is 4.06. The Kier molecular flexibility index (Phi) is 5.11. The van der Waals surface area contributed by atoms with Gasteiger partial charge in [-0.15, -0.1) is 11.3 Å². The summed E-state index contributed by atoms with van der Waals surface area (Å²) in [5.74, 6) is -2.06. The number of amides is 1. The quantitative estimate of drug-likeness (QED) is 0.822. The lowest BCUT2D eigenvalue weighted by atomic mass is 9.73. The Morgan fingerprint density at radius 2 is 1.92 bits per heavy atom. The first kappa shape index (κ1) is 17.9. The molecule has 3 unspecified atom stereocenters. The van der Waals surface area contributed by atoms with Crippen molar-refractivity contribution in [3.63, 3.8) is 0 Å². The third kappa shape index (κ3) is 3.70. The van der Waals surface area contributed by atoms with Gasteiger partial charge in [-0.3, -0.25) is 9.59 Å². The number of hydrogen-bond donors (Lipinski definition) is 2. The first-order chi connectivity index (χ1) is 11.9. The summed E-state index contributed by atoms with van der Waals surface area (Å²) in [4.78, 5) is 29.0. The summed E-state index contributed by atoms with van der Waals surface area (Å²) >= 11 is 7.45. The Balaban J connectivity index is 1.72. The number of aromatic nitrogens is 1. The lowest BCUT2D eigenvalue weighted by Crippen LogP contribution is -2.44. The highest BCUT2D eigenvalue weighted by molar-refractivity contribution is 7.15. The van der Waals surface area contributed by atoms with Gasteiger partial charge in [-0.2, -0.15) is 0 Å². The van der Waals surface area contributed by atoms with E-state index in [4.69, 9.17) is 16.7 Å². The van der Waals surface area contributed by atoms with Crippen molar-refractivity contribution < 1.29 is 14.7 Å². The second kappa shape index (κ2) is 7.14. The lowest BCUT2D eigenvalue weighted by molar-refractivity contribution is -0.152. The average Bonchev–Trinajstić information content (AvgIpc) is 2.88. The van der Waals surface area contributed by atoms with Crippen molar-refractivity contribution in [2.75, 3.05) is 0 Å². The van der Waals surface area contributed by atoms with Crippen LogP contribution in [-0.2, 0) is 9.59 Å². The average molecular weight is 379 g/mol. The number of nitrogens with zero attached hydrogens (tertiary/aromatic N) is 1. The van der Waals surface area contributed by atoms with Gasteiger partial charge in [0, 0.05) is 10.6 Å². The zero-order valence-electron chi connectivity index (χ0n) is 14.0. The number of carbonyl (C=O) groups excluding carboxylic acids is 1. The summed E-state index contributed by atoms with van der Waals surface area (Å²) in [6.45, 7) is 3.82. The standard InChI is InChI=1S/C18H19ClN2O3S/c1-9(20-16(22)13-7-8-14(13)18(23)24)15-10(2)21-17(25-15)11-3-5-12(19)6-4-11/h3-6,9,13-14H,7-8H2,1-2H3,(H,20,22)(H,23,24). The molecule has 1 aliphatic carbocycles. The van der Waals surface area contributed by atoms with Crippen LogP contribution in [-0.4, -0.2) is 22.0 Å². The van der Waals surface area contributed by atoms with Crippen LogP contribution in [0.4, 0.5) is 0 Å². The molecule has 5 nitrogen and oxygen atoms in total. The van der Waals surface area contributed by atoms with Crippen molar-refractivity contribution in [3.05, 3.63) is 39.9 Å². The van der Waals surface area contributed by atoms with Crippen molar-refractivity contribution in [3.8, 4) is 10.6 Å². The number of hydrogen-bond acceptors (Lipinski definition) is 4. The summed E-state index contributed by atoms with van der Waals surface area (Å²) in [6, 6.07) is 7.27. The van der Waals surface area contributed by atoms with E-state index < -0.39 is 17.8 Å². The van der Waals surface area contributed by atoms with E-state index in [9.17, 15) is 9.59 Å². The fraction of sp³-hybridized carbons (Fsp3) is 0.389. The summed E-state index contributed by atoms with van der Waals surface area (Å²) in [5, 5.41) is 13.6. The number of carboxylic acids is 1. The van der Waals surface area contributed by atoms with Crippen LogP contribution in [0.25, 0.3) is 10.6 Å². The van der Waals surface area contributed by atoms with Gasteiger partial charge in [-0.1, -0.05) is 23.7 Å². The van der Waals surface area contributed by atoms with E-state index >= 15 is 0 Å². The molecule has 1 heterocycles. The third-order valence-corrected chi connectivity index (χ3v) is 6.25. The molecule has 3 rings (SSSR count). The van der Waals surface area contributed by atoms with E-state index in [0.717, 1.165) is 21.1 Å². The summed E-state index contributed by atoms with van der Waals surface area (Å²) in [5.41, 5.74) is 1.85. The van der Waals surface area contributed by atoms with Gasteiger partial charge in [-0.05, 0) is 38.8 Å². The Hall–Kier alpha value is -1.92. The predicted molar refractivity (Wildman–Crippen MR) is 97.7 cm³/mol. The first-order valence-electron chi connectivity index (χ1n) is 8.13. The van der Waals surface area contributed by atoms with Crippen molar-refractivity contribution in [1.29, 1.82) is 0 Å². The second-order valence-corrected chi connectivity index (χ2v) is 7.80. The molecule has 7 heteroatoms. The molecule has 1 aromatic heterocycles. The van der Waals surface area contributed by atoms with E-state index in [1.807, 2.05) is 38.1 Å². The molecule has 1 fully saturated rings. The number of benzene rings is 1. The highest BCUT2D eigenvalue weighted by atomic mass is 35.5. The van der Waals surface area contributed by atoms with Crippen molar-refractivity contribution in [1.82, 2.24) is 10.3 Å². The zero-order chi connectivity index (χ0) is 18.1. The highest BCUT2D eigenvalue weighted by Crippen LogP contribution is 2.36. The van der Waals surface area contributed by atoms with Crippen LogP contribution in [0.2, 0.25) is 5.02 Å². The SMILES string of the molecule is Cc1nc(-c2ccc(Cl)cc2)sc1C(C)NC(=O)C1CCC1C(=O)O. The molecule has 3 atom stereocenters. The van der Waals surface area contributed by atoms with Gasteiger partial charge < -0.3 is 10.4 Å². The van der Waals surface area contributed by atoms with Crippen LogP contribution in [0.5, 0.6) is 0 Å². The largest absolute Gasteiger partial charge is 0.481 e. The van der Waals surface area contributed by atoms with Gasteiger partial charge >= 0.3 is 5.97 Å². The van der Waals surface area contributed by atoms with E-state index in [2.05, 4.69) is 10.3 Å². The molecule has 1 aromatic carbocycles. The molecule has 1 saturated carbocycles. The number of rotatable bonds is 5. The van der Waals surface area contributed by atoms with Crippen LogP contribution in [0.3, 0.4) is 0 Å². The van der Waals surface area contributed by atoms with Gasteiger partial charge in [0.25, 0.3) is 0 Å². The summed E-state index contributed by atoms with van der Waals surface area (Å²) in [7, 11) is 0. The maximum Gasteiger partial charge on any atom is 0.307 e. The second-order valence-electron chi connectivity index (χ2n) is 6.33. The van der Waals surface area contributed by atoms with Crippen LogP contribution in [0.1, 0.15) is 36.4 Å². The fourth-order valence-electron chi connectivity index (χ4n) is 3.02. The summed E-state index contributed by atoms with van der Waals surface area (Å²) < 4.78 is 0. The molecule has 2 N–H and O–H groups in total. The van der Waals surface area contributed by atoms with Crippen LogP contribution >= 0.6 is 22.9 Å². The molecule has 0 radical (unpaired) electrons. The van der Waals surface area contributed by atoms with Crippen molar-refractivity contribution in [2.45, 2.75) is 32.7 Å². The molecular formula is C18H19ClN2O3S. The van der Waals surface area contributed by atoms with Gasteiger partial charge in [-0.25, -0.2) is 4.98 Å². The highest BCUT2D eigenvalue weighted by Gasteiger charge is 2.41. The Bertz CT molecular complexity index is 803. The monoisotopic (exact) mass is 378 g/mol. The van der Waals surface area contributed by atoms with Gasteiger partial charge in [0.2, 0.25) is 5.91 Å². The number of carboxylic acid groups (broad SMARTS) is 1. The molecule has 25 heavy (non-hydrogen) atoms. The fourth-order valence-corrected chi connectivity index (χ4v) is 4.22. The first-order valence-corrected chi connectivity index (χ1v) is 9.32.